The Balaban J connectivity index is 2.29. The van der Waals surface area contributed by atoms with Gasteiger partial charge < -0.3 is 5.11 Å². The van der Waals surface area contributed by atoms with Crippen LogP contribution in [0.5, 0.6) is 5.75 Å². The highest BCUT2D eigenvalue weighted by atomic mass is 35.5. The van der Waals surface area contributed by atoms with Crippen molar-refractivity contribution in [1.82, 2.24) is 4.98 Å². The number of pyridine rings is 1. The maximum absolute atomic E-state index is 9.64. The van der Waals surface area contributed by atoms with Crippen LogP contribution in [0.1, 0.15) is 17.0 Å². The molecule has 1 aromatic heterocycles. The number of aryl methyl sites for hydroxylation is 1. The molecule has 0 aliphatic heterocycles. The van der Waals surface area contributed by atoms with Gasteiger partial charge in [0.05, 0.1) is 5.69 Å². The zero-order valence-electron chi connectivity index (χ0n) is 9.39. The van der Waals surface area contributed by atoms with E-state index >= 15 is 0 Å². The fourth-order valence-corrected chi connectivity index (χ4v) is 1.67. The van der Waals surface area contributed by atoms with Crippen molar-refractivity contribution in [2.45, 2.75) is 6.92 Å². The van der Waals surface area contributed by atoms with E-state index in [1.54, 1.807) is 24.3 Å². The van der Waals surface area contributed by atoms with Crippen LogP contribution in [0.3, 0.4) is 0 Å². The molecule has 17 heavy (non-hydrogen) atoms. The SMILES string of the molecule is Cc1cccc(C=Cc2cc(Cl)ccc2O)n1. The first-order valence-corrected chi connectivity index (χ1v) is 5.63. The van der Waals surface area contributed by atoms with E-state index in [1.807, 2.05) is 31.2 Å². The van der Waals surface area contributed by atoms with E-state index < -0.39 is 0 Å². The molecule has 0 aliphatic carbocycles. The monoisotopic (exact) mass is 245 g/mol. The summed E-state index contributed by atoms with van der Waals surface area (Å²) in [4.78, 5) is 4.34. The van der Waals surface area contributed by atoms with Crippen molar-refractivity contribution in [3.8, 4) is 5.75 Å². The van der Waals surface area contributed by atoms with E-state index in [4.69, 9.17) is 11.6 Å². The molecule has 1 aromatic carbocycles. The smallest absolute Gasteiger partial charge is 0.122 e. The van der Waals surface area contributed by atoms with Crippen LogP contribution < -0.4 is 0 Å². The minimum Gasteiger partial charge on any atom is -0.507 e. The molecule has 0 aliphatic rings. The number of rotatable bonds is 2. The molecular weight excluding hydrogens is 234 g/mol. The highest BCUT2D eigenvalue weighted by molar-refractivity contribution is 6.30. The number of hydrogen-bond donors (Lipinski definition) is 1. The number of halogens is 1. The Hall–Kier alpha value is -1.80. The molecular formula is C14H12ClNO. The molecule has 2 nitrogen and oxygen atoms in total. The highest BCUT2D eigenvalue weighted by Crippen LogP contribution is 2.23. The number of nitrogens with zero attached hydrogens (tertiary/aromatic N) is 1. The first-order chi connectivity index (χ1) is 8.15. The second-order valence-corrected chi connectivity index (χ2v) is 4.18. The van der Waals surface area contributed by atoms with E-state index in [-0.39, 0.29) is 5.75 Å². The van der Waals surface area contributed by atoms with Gasteiger partial charge in [0.15, 0.2) is 0 Å². The first-order valence-electron chi connectivity index (χ1n) is 5.25. The van der Waals surface area contributed by atoms with Crippen molar-refractivity contribution in [3.05, 3.63) is 58.4 Å². The van der Waals surface area contributed by atoms with Gasteiger partial charge in [-0.2, -0.15) is 0 Å². The summed E-state index contributed by atoms with van der Waals surface area (Å²) in [5, 5.41) is 10.2. The zero-order chi connectivity index (χ0) is 12.3. The lowest BCUT2D eigenvalue weighted by molar-refractivity contribution is 0.474. The lowest BCUT2D eigenvalue weighted by atomic mass is 10.1. The van der Waals surface area contributed by atoms with Gasteiger partial charge in [-0.05, 0) is 49.4 Å². The number of phenols is 1. The van der Waals surface area contributed by atoms with Crippen molar-refractivity contribution < 1.29 is 5.11 Å². The summed E-state index contributed by atoms with van der Waals surface area (Å²) in [5.41, 5.74) is 2.49. The van der Waals surface area contributed by atoms with Gasteiger partial charge >= 0.3 is 0 Å². The minimum atomic E-state index is 0.207. The van der Waals surface area contributed by atoms with Gasteiger partial charge in [0.2, 0.25) is 0 Å². The predicted octanol–water partition coefficient (Wildman–Crippen LogP) is 3.92. The van der Waals surface area contributed by atoms with E-state index in [9.17, 15) is 5.11 Å². The highest BCUT2D eigenvalue weighted by Gasteiger charge is 1.98. The second kappa shape index (κ2) is 5.02. The van der Waals surface area contributed by atoms with Crippen LogP contribution in [0, 0.1) is 6.92 Å². The summed E-state index contributed by atoms with van der Waals surface area (Å²) in [7, 11) is 0. The molecule has 3 heteroatoms. The molecule has 0 bridgehead atoms. The summed E-state index contributed by atoms with van der Waals surface area (Å²) >= 11 is 5.86. The van der Waals surface area contributed by atoms with Crippen LogP contribution >= 0.6 is 11.6 Å². The summed E-state index contributed by atoms with van der Waals surface area (Å²) in [6, 6.07) is 10.7. The Bertz CT molecular complexity index is 564. The quantitative estimate of drug-likeness (QED) is 0.870. The van der Waals surface area contributed by atoms with E-state index in [0.29, 0.717) is 10.6 Å². The molecule has 0 radical (unpaired) electrons. The molecule has 0 amide bonds. The van der Waals surface area contributed by atoms with Crippen LogP contribution in [0.15, 0.2) is 36.4 Å². The fraction of sp³-hybridized carbons (Fsp3) is 0.0714. The van der Waals surface area contributed by atoms with E-state index in [1.165, 1.54) is 0 Å². The molecule has 0 unspecified atom stereocenters. The maximum Gasteiger partial charge on any atom is 0.122 e. The Morgan fingerprint density at radius 1 is 1.18 bits per heavy atom. The van der Waals surface area contributed by atoms with E-state index in [0.717, 1.165) is 11.4 Å². The fourth-order valence-electron chi connectivity index (χ4n) is 1.49. The Kier molecular flexibility index (Phi) is 3.45. The average molecular weight is 246 g/mol. The van der Waals surface area contributed by atoms with Gasteiger partial charge in [-0.15, -0.1) is 0 Å². The van der Waals surface area contributed by atoms with Crippen LogP contribution in [0.2, 0.25) is 5.02 Å². The van der Waals surface area contributed by atoms with Crippen LogP contribution in [-0.4, -0.2) is 10.1 Å². The maximum atomic E-state index is 9.64. The molecule has 2 rings (SSSR count). The van der Waals surface area contributed by atoms with Gasteiger partial charge in [-0.3, -0.25) is 4.98 Å². The molecule has 0 spiro atoms. The topological polar surface area (TPSA) is 33.1 Å². The molecule has 0 fully saturated rings. The Labute approximate surface area is 105 Å². The normalized spacial score (nSPS) is 10.9. The number of aromatic nitrogens is 1. The Morgan fingerprint density at radius 3 is 2.76 bits per heavy atom. The summed E-state index contributed by atoms with van der Waals surface area (Å²) in [5.74, 6) is 0.207. The third-order valence-corrected chi connectivity index (χ3v) is 2.57. The summed E-state index contributed by atoms with van der Waals surface area (Å²) in [6.07, 6.45) is 3.64. The van der Waals surface area contributed by atoms with E-state index in [2.05, 4.69) is 4.98 Å². The first kappa shape index (κ1) is 11.7. The second-order valence-electron chi connectivity index (χ2n) is 3.74. The van der Waals surface area contributed by atoms with Gasteiger partial charge in [0.1, 0.15) is 5.75 Å². The lowest BCUT2D eigenvalue weighted by Crippen LogP contribution is -1.83. The standard InChI is InChI=1S/C14H12ClNO/c1-10-3-2-4-13(16-10)7-5-11-9-12(15)6-8-14(11)17/h2-9,17H,1H3. The van der Waals surface area contributed by atoms with Gasteiger partial charge in [0, 0.05) is 16.3 Å². The lowest BCUT2D eigenvalue weighted by Gasteiger charge is -1.99. The third-order valence-electron chi connectivity index (χ3n) is 2.33. The molecule has 1 heterocycles. The summed E-state index contributed by atoms with van der Waals surface area (Å²) < 4.78 is 0. The number of phenolic OH excluding ortho intramolecular Hbond substituents is 1. The van der Waals surface area contributed by atoms with Gasteiger partial charge in [-0.25, -0.2) is 0 Å². The zero-order valence-corrected chi connectivity index (χ0v) is 10.1. The van der Waals surface area contributed by atoms with Crippen LogP contribution in [0.4, 0.5) is 0 Å². The Morgan fingerprint density at radius 2 is 2.00 bits per heavy atom. The van der Waals surface area contributed by atoms with Crippen molar-refractivity contribution in [2.75, 3.05) is 0 Å². The molecule has 0 saturated heterocycles. The largest absolute Gasteiger partial charge is 0.507 e. The van der Waals surface area contributed by atoms with Crippen molar-refractivity contribution >= 4 is 23.8 Å². The molecule has 0 saturated carbocycles. The molecule has 86 valence electrons. The van der Waals surface area contributed by atoms with Crippen LogP contribution in [0.25, 0.3) is 12.2 Å². The summed E-state index contributed by atoms with van der Waals surface area (Å²) in [6.45, 7) is 1.94. The number of benzene rings is 1. The molecule has 1 N–H and O–H groups in total. The number of aromatic hydroxyl groups is 1. The van der Waals surface area contributed by atoms with Crippen molar-refractivity contribution in [2.24, 2.45) is 0 Å². The van der Waals surface area contributed by atoms with Gasteiger partial charge in [0.25, 0.3) is 0 Å². The average Bonchev–Trinajstić information content (AvgIpc) is 2.30. The molecule has 0 atom stereocenters. The molecule has 2 aromatic rings. The minimum absolute atomic E-state index is 0.207. The van der Waals surface area contributed by atoms with Crippen LogP contribution in [-0.2, 0) is 0 Å². The number of hydrogen-bond acceptors (Lipinski definition) is 2. The van der Waals surface area contributed by atoms with Crippen molar-refractivity contribution in [1.29, 1.82) is 0 Å². The van der Waals surface area contributed by atoms with Gasteiger partial charge in [-0.1, -0.05) is 17.7 Å². The predicted molar refractivity (Wildman–Crippen MR) is 71.0 cm³/mol. The third kappa shape index (κ3) is 3.08. The van der Waals surface area contributed by atoms with Crippen molar-refractivity contribution in [3.63, 3.8) is 0 Å².